The van der Waals surface area contributed by atoms with E-state index in [0.717, 1.165) is 16.3 Å². The molecule has 0 unspecified atom stereocenters. The molecule has 0 aliphatic heterocycles. The largest absolute Gasteiger partial charge is 0.508 e. The van der Waals surface area contributed by atoms with Crippen molar-refractivity contribution in [3.8, 4) is 23.1 Å². The summed E-state index contributed by atoms with van der Waals surface area (Å²) in [6.07, 6.45) is 1.59. The molecule has 7 heteroatoms. The first-order valence-electron chi connectivity index (χ1n) is 8.76. The van der Waals surface area contributed by atoms with Gasteiger partial charge in [-0.3, -0.25) is 9.78 Å². The summed E-state index contributed by atoms with van der Waals surface area (Å²) in [6.45, 7) is 0. The molecular formula is C22H15N5O2. The Bertz CT molecular complexity index is 1320. The maximum atomic E-state index is 12.2. The normalized spacial score (nSPS) is 10.9. The second-order valence-corrected chi connectivity index (χ2v) is 6.28. The number of fused-ring (bicyclic) bond motifs is 1. The van der Waals surface area contributed by atoms with Gasteiger partial charge in [0.05, 0.1) is 11.9 Å². The second-order valence-electron chi connectivity index (χ2n) is 6.28. The highest BCUT2D eigenvalue weighted by Crippen LogP contribution is 2.21. The van der Waals surface area contributed by atoms with Gasteiger partial charge in [0.1, 0.15) is 17.4 Å². The topological polar surface area (TPSA) is 114 Å². The first kappa shape index (κ1) is 17.9. The van der Waals surface area contributed by atoms with E-state index in [1.807, 2.05) is 48.5 Å². The molecule has 140 valence electrons. The summed E-state index contributed by atoms with van der Waals surface area (Å²) in [7, 11) is 0. The lowest BCUT2D eigenvalue weighted by atomic mass is 10.1. The standard InChI is InChI=1S/C22H15N5O2/c23-12-19-20(15-4-2-1-3-5-15)25-22(26-21(19)29)27-24-13-14-6-7-17-11-18(28)9-8-16(17)10-14/h1-11,13,28H,(H2,25,26,27,29). The van der Waals surface area contributed by atoms with Crippen LogP contribution in [-0.4, -0.2) is 21.3 Å². The number of phenolic OH excluding ortho intramolecular Hbond substituents is 1. The fourth-order valence-electron chi connectivity index (χ4n) is 2.93. The fraction of sp³-hybridized carbons (Fsp3) is 0. The molecule has 0 atom stereocenters. The van der Waals surface area contributed by atoms with Gasteiger partial charge in [-0.1, -0.05) is 48.5 Å². The molecule has 29 heavy (non-hydrogen) atoms. The van der Waals surface area contributed by atoms with Gasteiger partial charge in [0.25, 0.3) is 5.56 Å². The minimum atomic E-state index is -0.537. The lowest BCUT2D eigenvalue weighted by Gasteiger charge is -2.06. The van der Waals surface area contributed by atoms with E-state index >= 15 is 0 Å². The maximum Gasteiger partial charge on any atom is 0.270 e. The molecule has 7 nitrogen and oxygen atoms in total. The first-order valence-corrected chi connectivity index (χ1v) is 8.76. The summed E-state index contributed by atoms with van der Waals surface area (Å²) in [6, 6.07) is 21.7. The zero-order chi connectivity index (χ0) is 20.2. The van der Waals surface area contributed by atoms with Gasteiger partial charge < -0.3 is 5.11 Å². The van der Waals surface area contributed by atoms with E-state index in [-0.39, 0.29) is 17.3 Å². The molecule has 0 saturated carbocycles. The molecular weight excluding hydrogens is 366 g/mol. The van der Waals surface area contributed by atoms with Crippen LogP contribution in [0.4, 0.5) is 5.95 Å². The molecule has 0 amide bonds. The second kappa shape index (κ2) is 7.66. The van der Waals surface area contributed by atoms with Crippen molar-refractivity contribution in [2.45, 2.75) is 0 Å². The number of nitriles is 1. The molecule has 0 aliphatic rings. The van der Waals surface area contributed by atoms with Crippen molar-refractivity contribution in [3.63, 3.8) is 0 Å². The van der Waals surface area contributed by atoms with E-state index in [1.54, 1.807) is 30.5 Å². The number of aromatic hydroxyl groups is 1. The highest BCUT2D eigenvalue weighted by molar-refractivity contribution is 5.91. The average molecular weight is 381 g/mol. The van der Waals surface area contributed by atoms with E-state index in [2.05, 4.69) is 20.5 Å². The van der Waals surface area contributed by atoms with E-state index < -0.39 is 5.56 Å². The number of benzene rings is 3. The monoisotopic (exact) mass is 381 g/mol. The van der Waals surface area contributed by atoms with Crippen molar-refractivity contribution in [2.75, 3.05) is 5.43 Å². The molecule has 0 aliphatic carbocycles. The molecule has 1 heterocycles. The van der Waals surface area contributed by atoms with Crippen LogP contribution in [0.2, 0.25) is 0 Å². The lowest BCUT2D eigenvalue weighted by Crippen LogP contribution is -2.16. The number of hydrazone groups is 1. The number of nitrogens with zero attached hydrogens (tertiary/aromatic N) is 3. The number of nitrogens with one attached hydrogen (secondary N) is 2. The van der Waals surface area contributed by atoms with Crippen LogP contribution in [0.1, 0.15) is 11.1 Å². The highest BCUT2D eigenvalue weighted by atomic mass is 16.3. The number of aromatic amines is 1. The zero-order valence-electron chi connectivity index (χ0n) is 15.1. The van der Waals surface area contributed by atoms with Crippen molar-refractivity contribution in [1.82, 2.24) is 9.97 Å². The number of anilines is 1. The average Bonchev–Trinajstić information content (AvgIpc) is 2.74. The van der Waals surface area contributed by atoms with Crippen LogP contribution in [0.5, 0.6) is 5.75 Å². The van der Waals surface area contributed by atoms with Crippen molar-refractivity contribution in [2.24, 2.45) is 5.10 Å². The van der Waals surface area contributed by atoms with Crippen LogP contribution in [0.3, 0.4) is 0 Å². The van der Waals surface area contributed by atoms with Crippen LogP contribution in [-0.2, 0) is 0 Å². The Kier molecular flexibility index (Phi) is 4.74. The number of rotatable bonds is 4. The Morgan fingerprint density at radius 3 is 2.62 bits per heavy atom. The third-order valence-electron chi connectivity index (χ3n) is 4.31. The quantitative estimate of drug-likeness (QED) is 0.369. The molecule has 3 aromatic carbocycles. The summed E-state index contributed by atoms with van der Waals surface area (Å²) in [5.74, 6) is 0.348. The number of hydrogen-bond acceptors (Lipinski definition) is 6. The predicted octanol–water partition coefficient (Wildman–Crippen LogP) is 3.61. The van der Waals surface area contributed by atoms with E-state index in [4.69, 9.17) is 0 Å². The summed E-state index contributed by atoms with van der Waals surface area (Å²) < 4.78 is 0. The van der Waals surface area contributed by atoms with Crippen molar-refractivity contribution in [3.05, 3.63) is 88.2 Å². The van der Waals surface area contributed by atoms with Crippen LogP contribution in [0.25, 0.3) is 22.0 Å². The Hall–Kier alpha value is -4.44. The summed E-state index contributed by atoms with van der Waals surface area (Å²) in [5.41, 5.74) is 3.90. The lowest BCUT2D eigenvalue weighted by molar-refractivity contribution is 0.476. The molecule has 1 aromatic heterocycles. The van der Waals surface area contributed by atoms with Crippen LogP contribution < -0.4 is 11.0 Å². The van der Waals surface area contributed by atoms with Crippen LogP contribution in [0.15, 0.2) is 76.6 Å². The molecule has 0 radical (unpaired) electrons. The van der Waals surface area contributed by atoms with Crippen LogP contribution >= 0.6 is 0 Å². The Labute approximate surface area is 165 Å². The Morgan fingerprint density at radius 2 is 1.83 bits per heavy atom. The molecule has 0 spiro atoms. The minimum Gasteiger partial charge on any atom is -0.508 e. The highest BCUT2D eigenvalue weighted by Gasteiger charge is 2.12. The van der Waals surface area contributed by atoms with Gasteiger partial charge >= 0.3 is 0 Å². The molecule has 4 rings (SSSR count). The van der Waals surface area contributed by atoms with E-state index in [1.165, 1.54) is 0 Å². The van der Waals surface area contributed by atoms with Gasteiger partial charge in [0, 0.05) is 5.56 Å². The SMILES string of the molecule is N#Cc1c(-c2ccccc2)nc(NN=Cc2ccc3cc(O)ccc3c2)[nH]c1=O. The first-order chi connectivity index (χ1) is 14.1. The minimum absolute atomic E-state index is 0.0523. The van der Waals surface area contributed by atoms with Crippen LogP contribution in [0, 0.1) is 11.3 Å². The van der Waals surface area contributed by atoms with Gasteiger partial charge in [0.15, 0.2) is 0 Å². The van der Waals surface area contributed by atoms with Gasteiger partial charge in [-0.05, 0) is 34.5 Å². The summed E-state index contributed by atoms with van der Waals surface area (Å²) in [4.78, 5) is 19.1. The molecule has 4 aromatic rings. The third kappa shape index (κ3) is 3.82. The Morgan fingerprint density at radius 1 is 1.07 bits per heavy atom. The molecule has 0 saturated heterocycles. The number of phenols is 1. The number of H-pyrrole nitrogens is 1. The zero-order valence-corrected chi connectivity index (χ0v) is 15.1. The fourth-order valence-corrected chi connectivity index (χ4v) is 2.93. The van der Waals surface area contributed by atoms with Crippen molar-refractivity contribution < 1.29 is 5.11 Å². The Balaban J connectivity index is 1.61. The molecule has 0 fully saturated rings. The summed E-state index contributed by atoms with van der Waals surface area (Å²) in [5, 5.41) is 24.8. The van der Waals surface area contributed by atoms with Crippen molar-refractivity contribution >= 4 is 22.9 Å². The summed E-state index contributed by atoms with van der Waals surface area (Å²) >= 11 is 0. The molecule has 0 bridgehead atoms. The maximum absolute atomic E-state index is 12.2. The van der Waals surface area contributed by atoms with Gasteiger partial charge in [-0.15, -0.1) is 0 Å². The van der Waals surface area contributed by atoms with Gasteiger partial charge in [-0.2, -0.15) is 10.4 Å². The van der Waals surface area contributed by atoms with Crippen molar-refractivity contribution in [1.29, 1.82) is 5.26 Å². The smallest absolute Gasteiger partial charge is 0.270 e. The van der Waals surface area contributed by atoms with Gasteiger partial charge in [0.2, 0.25) is 5.95 Å². The van der Waals surface area contributed by atoms with Gasteiger partial charge in [-0.25, -0.2) is 10.4 Å². The molecule has 3 N–H and O–H groups in total. The van der Waals surface area contributed by atoms with E-state index in [9.17, 15) is 15.2 Å². The number of aromatic nitrogens is 2. The number of hydrogen-bond donors (Lipinski definition) is 3. The van der Waals surface area contributed by atoms with E-state index in [0.29, 0.717) is 11.3 Å². The predicted molar refractivity (Wildman–Crippen MR) is 112 cm³/mol. The third-order valence-corrected chi connectivity index (χ3v) is 4.31.